The van der Waals surface area contributed by atoms with E-state index in [1.165, 1.54) is 16.0 Å². The topological polar surface area (TPSA) is 12.0 Å². The molecule has 0 aliphatic carbocycles. The summed E-state index contributed by atoms with van der Waals surface area (Å²) in [6, 6.07) is 13.4. The lowest BCUT2D eigenvalue weighted by molar-refractivity contribution is 0.581. The van der Waals surface area contributed by atoms with Gasteiger partial charge in [0.1, 0.15) is 0 Å². The van der Waals surface area contributed by atoms with E-state index in [2.05, 4.69) is 56.4 Å². The molecule has 2 aromatic rings. The summed E-state index contributed by atoms with van der Waals surface area (Å²) in [5.41, 5.74) is 2.90. The molecule has 0 saturated carbocycles. The third kappa shape index (κ3) is 3.85. The summed E-state index contributed by atoms with van der Waals surface area (Å²) in [4.78, 5) is 1.31. The average Bonchev–Trinajstić information content (AvgIpc) is 2.81. The number of hydrogen-bond donors (Lipinski definition) is 1. The van der Waals surface area contributed by atoms with E-state index in [4.69, 9.17) is 11.6 Å². The molecule has 1 N–H and O–H groups in total. The predicted octanol–water partition coefficient (Wildman–Crippen LogP) is 5.20. The van der Waals surface area contributed by atoms with E-state index in [-0.39, 0.29) is 5.41 Å². The van der Waals surface area contributed by atoms with Crippen molar-refractivity contribution in [3.8, 4) is 0 Å². The van der Waals surface area contributed by atoms with E-state index < -0.39 is 0 Å². The van der Waals surface area contributed by atoms with E-state index in [0.29, 0.717) is 6.04 Å². The second-order valence-electron chi connectivity index (χ2n) is 6.12. The Morgan fingerprint density at radius 2 is 1.75 bits per heavy atom. The summed E-state index contributed by atoms with van der Waals surface area (Å²) < 4.78 is 0.859. The number of rotatable bonds is 4. The SMILES string of the molecule is CNC(Cc1ccc(Cl)s1)c1ccc(C(C)(C)C)cc1. The highest BCUT2D eigenvalue weighted by atomic mass is 35.5. The van der Waals surface area contributed by atoms with Gasteiger partial charge in [0.2, 0.25) is 0 Å². The lowest BCUT2D eigenvalue weighted by Gasteiger charge is -2.21. The zero-order valence-electron chi connectivity index (χ0n) is 12.5. The summed E-state index contributed by atoms with van der Waals surface area (Å²) in [7, 11) is 2.01. The molecule has 1 atom stereocenters. The molecule has 0 bridgehead atoms. The molecule has 108 valence electrons. The monoisotopic (exact) mass is 307 g/mol. The molecule has 0 radical (unpaired) electrons. The van der Waals surface area contributed by atoms with Crippen LogP contribution in [-0.4, -0.2) is 7.05 Å². The number of nitrogens with one attached hydrogen (secondary N) is 1. The Morgan fingerprint density at radius 3 is 2.20 bits per heavy atom. The summed E-state index contributed by atoms with van der Waals surface area (Å²) in [6.45, 7) is 6.72. The van der Waals surface area contributed by atoms with Crippen LogP contribution in [-0.2, 0) is 11.8 Å². The molecule has 0 aliphatic rings. The summed E-state index contributed by atoms with van der Waals surface area (Å²) in [5, 5.41) is 3.40. The van der Waals surface area contributed by atoms with Gasteiger partial charge in [-0.05, 0) is 35.7 Å². The number of hydrogen-bond acceptors (Lipinski definition) is 2. The minimum absolute atomic E-state index is 0.203. The van der Waals surface area contributed by atoms with Crippen LogP contribution in [0.25, 0.3) is 0 Å². The highest BCUT2D eigenvalue weighted by molar-refractivity contribution is 7.16. The molecule has 1 unspecified atom stereocenters. The van der Waals surface area contributed by atoms with E-state index in [1.807, 2.05) is 13.1 Å². The molecule has 0 spiro atoms. The molecule has 2 rings (SSSR count). The highest BCUT2D eigenvalue weighted by Gasteiger charge is 2.15. The van der Waals surface area contributed by atoms with Crippen LogP contribution in [0.5, 0.6) is 0 Å². The second-order valence-corrected chi connectivity index (χ2v) is 7.92. The number of likely N-dealkylation sites (N-methyl/N-ethyl adjacent to an activating group) is 1. The Morgan fingerprint density at radius 1 is 1.10 bits per heavy atom. The first-order chi connectivity index (χ1) is 9.40. The summed E-state index contributed by atoms with van der Waals surface area (Å²) in [5.74, 6) is 0. The Hall–Kier alpha value is -0.830. The molecule has 20 heavy (non-hydrogen) atoms. The van der Waals surface area contributed by atoms with Crippen LogP contribution in [0.2, 0.25) is 4.34 Å². The molecule has 0 fully saturated rings. The normalized spacial score (nSPS) is 13.4. The number of halogens is 1. The van der Waals surface area contributed by atoms with Crippen molar-refractivity contribution in [3.05, 3.63) is 56.7 Å². The van der Waals surface area contributed by atoms with E-state index in [1.54, 1.807) is 11.3 Å². The van der Waals surface area contributed by atoms with Crippen LogP contribution in [0.4, 0.5) is 0 Å². The van der Waals surface area contributed by atoms with Crippen LogP contribution in [0.1, 0.15) is 42.8 Å². The largest absolute Gasteiger partial charge is 0.313 e. The first-order valence-corrected chi connectivity index (χ1v) is 8.11. The average molecular weight is 308 g/mol. The van der Waals surface area contributed by atoms with Gasteiger partial charge in [-0.15, -0.1) is 11.3 Å². The summed E-state index contributed by atoms with van der Waals surface area (Å²) in [6.07, 6.45) is 0.975. The molecule has 3 heteroatoms. The van der Waals surface area contributed by atoms with Crippen molar-refractivity contribution < 1.29 is 0 Å². The smallest absolute Gasteiger partial charge is 0.0931 e. The molecule has 0 aliphatic heterocycles. The zero-order chi connectivity index (χ0) is 14.8. The zero-order valence-corrected chi connectivity index (χ0v) is 14.1. The maximum absolute atomic E-state index is 6.00. The third-order valence-corrected chi connectivity index (χ3v) is 4.82. The summed E-state index contributed by atoms with van der Waals surface area (Å²) >= 11 is 7.66. The van der Waals surface area contributed by atoms with Crippen LogP contribution in [0.15, 0.2) is 36.4 Å². The van der Waals surface area contributed by atoms with Gasteiger partial charge in [-0.2, -0.15) is 0 Å². The van der Waals surface area contributed by atoms with E-state index in [9.17, 15) is 0 Å². The molecule has 1 heterocycles. The van der Waals surface area contributed by atoms with Crippen molar-refractivity contribution in [1.29, 1.82) is 0 Å². The van der Waals surface area contributed by atoms with Gasteiger partial charge in [-0.25, -0.2) is 0 Å². The van der Waals surface area contributed by atoms with Crippen molar-refractivity contribution in [2.45, 2.75) is 38.6 Å². The molecule has 1 aromatic heterocycles. The Labute approximate surface area is 131 Å². The minimum atomic E-state index is 0.203. The Kier molecular flexibility index (Phi) is 4.90. The van der Waals surface area contributed by atoms with Gasteiger partial charge >= 0.3 is 0 Å². The number of benzene rings is 1. The first kappa shape index (κ1) is 15.6. The maximum atomic E-state index is 6.00. The Balaban J connectivity index is 2.15. The first-order valence-electron chi connectivity index (χ1n) is 6.92. The quantitative estimate of drug-likeness (QED) is 0.818. The van der Waals surface area contributed by atoms with Crippen LogP contribution in [0.3, 0.4) is 0 Å². The van der Waals surface area contributed by atoms with E-state index >= 15 is 0 Å². The fourth-order valence-corrected chi connectivity index (χ4v) is 3.40. The van der Waals surface area contributed by atoms with Gasteiger partial charge in [-0.1, -0.05) is 56.6 Å². The van der Waals surface area contributed by atoms with Crippen molar-refractivity contribution >= 4 is 22.9 Å². The van der Waals surface area contributed by atoms with Crippen LogP contribution >= 0.6 is 22.9 Å². The van der Waals surface area contributed by atoms with Crippen LogP contribution in [0, 0.1) is 0 Å². The molecular weight excluding hydrogens is 286 g/mol. The molecular formula is C17H22ClNS. The third-order valence-electron chi connectivity index (χ3n) is 3.56. The maximum Gasteiger partial charge on any atom is 0.0931 e. The van der Waals surface area contributed by atoms with Gasteiger partial charge in [-0.3, -0.25) is 0 Å². The van der Waals surface area contributed by atoms with Gasteiger partial charge < -0.3 is 5.32 Å². The van der Waals surface area contributed by atoms with Crippen molar-refractivity contribution in [2.75, 3.05) is 7.05 Å². The fraction of sp³-hybridized carbons (Fsp3) is 0.412. The van der Waals surface area contributed by atoms with Crippen molar-refractivity contribution in [1.82, 2.24) is 5.32 Å². The van der Waals surface area contributed by atoms with E-state index in [0.717, 1.165) is 10.8 Å². The van der Waals surface area contributed by atoms with Gasteiger partial charge in [0, 0.05) is 17.3 Å². The molecule has 0 saturated heterocycles. The highest BCUT2D eigenvalue weighted by Crippen LogP contribution is 2.28. The molecule has 1 nitrogen and oxygen atoms in total. The predicted molar refractivity (Wildman–Crippen MR) is 90.0 cm³/mol. The van der Waals surface area contributed by atoms with Crippen molar-refractivity contribution in [3.63, 3.8) is 0 Å². The van der Waals surface area contributed by atoms with Crippen LogP contribution < -0.4 is 5.32 Å². The lowest BCUT2D eigenvalue weighted by Crippen LogP contribution is -2.19. The van der Waals surface area contributed by atoms with Crippen molar-refractivity contribution in [2.24, 2.45) is 0 Å². The lowest BCUT2D eigenvalue weighted by atomic mass is 9.86. The minimum Gasteiger partial charge on any atom is -0.313 e. The molecule has 0 amide bonds. The van der Waals surface area contributed by atoms with Gasteiger partial charge in [0.05, 0.1) is 4.34 Å². The van der Waals surface area contributed by atoms with Gasteiger partial charge in [0.25, 0.3) is 0 Å². The standard InChI is InChI=1S/C17H22ClNS/c1-17(2,3)13-7-5-12(6-8-13)15(19-4)11-14-9-10-16(18)20-14/h5-10,15,19H,11H2,1-4H3. The second kappa shape index (κ2) is 6.30. The fourth-order valence-electron chi connectivity index (χ4n) is 2.26. The Bertz CT molecular complexity index is 551. The molecule has 1 aromatic carbocycles. The van der Waals surface area contributed by atoms with Gasteiger partial charge in [0.15, 0.2) is 0 Å². The number of thiophene rings is 1.